The Hall–Kier alpha value is -1.71. The van der Waals surface area contributed by atoms with E-state index in [4.69, 9.17) is 23.7 Å². The van der Waals surface area contributed by atoms with Crippen molar-refractivity contribution < 1.29 is 33.6 Å². The highest BCUT2D eigenvalue weighted by molar-refractivity contribution is 5.67. The number of hydrogen-bond acceptors (Lipinski definition) is 7. The highest BCUT2D eigenvalue weighted by atomic mass is 16.7. The summed E-state index contributed by atoms with van der Waals surface area (Å²) < 4.78 is 27.5. The molecule has 138 valence electrons. The Labute approximate surface area is 146 Å². The lowest BCUT2D eigenvalue weighted by atomic mass is 9.96. The van der Waals surface area contributed by atoms with Crippen molar-refractivity contribution in [2.24, 2.45) is 0 Å². The summed E-state index contributed by atoms with van der Waals surface area (Å²) in [5.74, 6) is 0. The van der Waals surface area contributed by atoms with Gasteiger partial charge in [0.15, 0.2) is 12.6 Å². The molecule has 1 aromatic carbocycles. The molecule has 8 heteroatoms. The number of carbonyl (C=O) groups excluding carboxylic acids is 1. The number of hydrogen-bond donors (Lipinski definition) is 2. The van der Waals surface area contributed by atoms with Crippen molar-refractivity contribution in [1.82, 2.24) is 5.32 Å². The van der Waals surface area contributed by atoms with Crippen LogP contribution in [0.1, 0.15) is 18.8 Å². The summed E-state index contributed by atoms with van der Waals surface area (Å²) in [7, 11) is 1.44. The van der Waals surface area contributed by atoms with Gasteiger partial charge in [-0.3, -0.25) is 0 Å². The summed E-state index contributed by atoms with van der Waals surface area (Å²) in [6.07, 6.45) is -4.30. The fourth-order valence-corrected chi connectivity index (χ4v) is 3.04. The first-order valence-corrected chi connectivity index (χ1v) is 8.25. The molecule has 0 aliphatic carbocycles. The molecule has 0 saturated carbocycles. The number of alkyl carbamates (subject to hydrolysis) is 1. The third-order valence-electron chi connectivity index (χ3n) is 4.23. The van der Waals surface area contributed by atoms with Crippen molar-refractivity contribution in [3.63, 3.8) is 0 Å². The standard InChI is InChI=1S/C17H23NO7/c1-3-22-17(20)18-12-13(19)14-11(24-16(12)21-2)9-23-15(25-14)10-7-5-4-6-8-10/h4-8,11-16,19H,3,9H2,1-2H3,(H,18,20)/t11-,12-,13-,14-,15?,16?/m1/s1. The number of fused-ring (bicyclic) bond motifs is 1. The van der Waals surface area contributed by atoms with E-state index in [1.165, 1.54) is 7.11 Å². The third-order valence-corrected chi connectivity index (χ3v) is 4.23. The number of amides is 1. The zero-order valence-corrected chi connectivity index (χ0v) is 14.2. The molecule has 2 fully saturated rings. The summed E-state index contributed by atoms with van der Waals surface area (Å²) in [5, 5.41) is 13.3. The summed E-state index contributed by atoms with van der Waals surface area (Å²) in [6.45, 7) is 2.16. The van der Waals surface area contributed by atoms with Gasteiger partial charge in [0.1, 0.15) is 24.4 Å². The predicted octanol–water partition coefficient (Wildman–Crippen LogP) is 0.947. The van der Waals surface area contributed by atoms with Crippen LogP contribution >= 0.6 is 0 Å². The molecule has 0 bridgehead atoms. The summed E-state index contributed by atoms with van der Waals surface area (Å²) in [6, 6.07) is 8.61. The number of rotatable bonds is 4. The zero-order chi connectivity index (χ0) is 17.8. The van der Waals surface area contributed by atoms with Crippen molar-refractivity contribution in [2.45, 2.75) is 43.9 Å². The van der Waals surface area contributed by atoms with Crippen LogP contribution in [0.25, 0.3) is 0 Å². The number of carbonyl (C=O) groups is 1. The van der Waals surface area contributed by atoms with E-state index in [9.17, 15) is 9.90 Å². The van der Waals surface area contributed by atoms with Gasteiger partial charge >= 0.3 is 6.09 Å². The smallest absolute Gasteiger partial charge is 0.407 e. The number of aliphatic hydroxyl groups excluding tert-OH is 1. The van der Waals surface area contributed by atoms with Gasteiger partial charge in [0.05, 0.1) is 13.2 Å². The zero-order valence-electron chi connectivity index (χ0n) is 14.2. The second-order valence-corrected chi connectivity index (χ2v) is 5.84. The number of ether oxygens (including phenoxy) is 5. The largest absolute Gasteiger partial charge is 0.450 e. The Morgan fingerprint density at radius 2 is 2.08 bits per heavy atom. The van der Waals surface area contributed by atoms with Crippen LogP contribution in [0.3, 0.4) is 0 Å². The Bertz CT molecular complexity index is 569. The average molecular weight is 353 g/mol. The average Bonchev–Trinajstić information content (AvgIpc) is 2.64. The van der Waals surface area contributed by atoms with Gasteiger partial charge in [-0.1, -0.05) is 30.3 Å². The molecule has 2 heterocycles. The van der Waals surface area contributed by atoms with Crippen LogP contribution in [-0.2, 0) is 23.7 Å². The van der Waals surface area contributed by atoms with Gasteiger partial charge in [0, 0.05) is 12.7 Å². The molecule has 2 aliphatic heterocycles. The predicted molar refractivity (Wildman–Crippen MR) is 85.6 cm³/mol. The summed E-state index contributed by atoms with van der Waals surface area (Å²) >= 11 is 0. The van der Waals surface area contributed by atoms with Crippen LogP contribution in [-0.4, -0.2) is 62.2 Å². The van der Waals surface area contributed by atoms with E-state index in [0.717, 1.165) is 5.56 Å². The van der Waals surface area contributed by atoms with Crippen molar-refractivity contribution in [3.05, 3.63) is 35.9 Å². The molecule has 2 N–H and O–H groups in total. The van der Waals surface area contributed by atoms with Crippen LogP contribution < -0.4 is 5.32 Å². The van der Waals surface area contributed by atoms with E-state index < -0.39 is 43.0 Å². The topological polar surface area (TPSA) is 95.5 Å². The second-order valence-electron chi connectivity index (χ2n) is 5.84. The molecule has 2 aliphatic rings. The Morgan fingerprint density at radius 1 is 1.32 bits per heavy atom. The molecule has 25 heavy (non-hydrogen) atoms. The number of nitrogens with one attached hydrogen (secondary N) is 1. The monoisotopic (exact) mass is 353 g/mol. The SMILES string of the molecule is CCOC(=O)N[C@H]1C(OC)O[C@@H]2COC(c3ccccc3)O[C@H]2[C@@H]1O. The van der Waals surface area contributed by atoms with E-state index in [0.29, 0.717) is 0 Å². The van der Waals surface area contributed by atoms with Crippen LogP contribution in [0.5, 0.6) is 0 Å². The lowest BCUT2D eigenvalue weighted by Gasteiger charge is -2.47. The van der Waals surface area contributed by atoms with Crippen LogP contribution in [0.4, 0.5) is 4.79 Å². The van der Waals surface area contributed by atoms with Gasteiger partial charge in [-0.05, 0) is 6.92 Å². The van der Waals surface area contributed by atoms with Crippen LogP contribution in [0.15, 0.2) is 30.3 Å². The van der Waals surface area contributed by atoms with Crippen LogP contribution in [0, 0.1) is 0 Å². The van der Waals surface area contributed by atoms with E-state index in [-0.39, 0.29) is 13.2 Å². The number of methoxy groups -OCH3 is 1. The maximum atomic E-state index is 11.7. The van der Waals surface area contributed by atoms with Gasteiger partial charge in [-0.15, -0.1) is 0 Å². The first-order valence-electron chi connectivity index (χ1n) is 8.25. The molecule has 2 saturated heterocycles. The van der Waals surface area contributed by atoms with Gasteiger partial charge in [0.25, 0.3) is 0 Å². The Morgan fingerprint density at radius 3 is 2.76 bits per heavy atom. The maximum absolute atomic E-state index is 11.7. The lowest BCUT2D eigenvalue weighted by Crippen LogP contribution is -2.66. The molecule has 1 aromatic rings. The summed E-state index contributed by atoms with van der Waals surface area (Å²) in [4.78, 5) is 11.7. The van der Waals surface area contributed by atoms with Crippen molar-refractivity contribution >= 4 is 6.09 Å². The van der Waals surface area contributed by atoms with Crippen molar-refractivity contribution in [1.29, 1.82) is 0 Å². The Balaban J connectivity index is 1.72. The third kappa shape index (κ3) is 3.94. The number of aliphatic hydroxyl groups is 1. The van der Waals surface area contributed by atoms with E-state index >= 15 is 0 Å². The van der Waals surface area contributed by atoms with Gasteiger partial charge in [-0.25, -0.2) is 4.79 Å². The molecular formula is C17H23NO7. The second kappa shape index (κ2) is 8.11. The fraction of sp³-hybridized carbons (Fsp3) is 0.588. The van der Waals surface area contributed by atoms with Gasteiger partial charge < -0.3 is 34.1 Å². The minimum atomic E-state index is -1.04. The van der Waals surface area contributed by atoms with E-state index in [2.05, 4.69) is 5.32 Å². The summed E-state index contributed by atoms with van der Waals surface area (Å²) in [5.41, 5.74) is 0.844. The fourth-order valence-electron chi connectivity index (χ4n) is 3.04. The first-order chi connectivity index (χ1) is 12.1. The highest BCUT2D eigenvalue weighted by Crippen LogP contribution is 2.34. The van der Waals surface area contributed by atoms with Crippen molar-refractivity contribution in [3.8, 4) is 0 Å². The molecule has 3 rings (SSSR count). The normalized spacial score (nSPS) is 34.8. The Kier molecular flexibility index (Phi) is 5.87. The minimum absolute atomic E-state index is 0.222. The molecule has 0 spiro atoms. The minimum Gasteiger partial charge on any atom is -0.450 e. The molecule has 6 atom stereocenters. The van der Waals surface area contributed by atoms with E-state index in [1.54, 1.807) is 6.92 Å². The molecule has 0 aromatic heterocycles. The molecule has 2 unspecified atom stereocenters. The molecule has 8 nitrogen and oxygen atoms in total. The van der Waals surface area contributed by atoms with Crippen LogP contribution in [0.2, 0.25) is 0 Å². The lowest BCUT2D eigenvalue weighted by molar-refractivity contribution is -0.341. The number of benzene rings is 1. The quantitative estimate of drug-likeness (QED) is 0.832. The highest BCUT2D eigenvalue weighted by Gasteiger charge is 2.50. The van der Waals surface area contributed by atoms with E-state index in [1.807, 2.05) is 30.3 Å². The van der Waals surface area contributed by atoms with Crippen molar-refractivity contribution in [2.75, 3.05) is 20.3 Å². The van der Waals surface area contributed by atoms with Gasteiger partial charge in [0.2, 0.25) is 0 Å². The first kappa shape index (κ1) is 18.1. The molecular weight excluding hydrogens is 330 g/mol. The maximum Gasteiger partial charge on any atom is 0.407 e. The molecule has 0 radical (unpaired) electrons. The molecule has 1 amide bonds. The van der Waals surface area contributed by atoms with Gasteiger partial charge in [-0.2, -0.15) is 0 Å².